The molecule has 0 aromatic carbocycles. The molecule has 0 aromatic heterocycles. The van der Waals surface area contributed by atoms with Crippen LogP contribution < -0.4 is 5.32 Å². The van der Waals surface area contributed by atoms with Gasteiger partial charge < -0.3 is 5.32 Å². The first-order chi connectivity index (χ1) is 6.99. The fourth-order valence-electron chi connectivity index (χ4n) is 1.81. The molecule has 0 rings (SSSR count). The van der Waals surface area contributed by atoms with Gasteiger partial charge in [-0.2, -0.15) is 0 Å². The molecule has 0 aliphatic heterocycles. The Balaban J connectivity index is 3.92. The first kappa shape index (κ1) is 15.1. The van der Waals surface area contributed by atoms with Gasteiger partial charge in [-0.15, -0.1) is 0 Å². The third kappa shape index (κ3) is 7.97. The van der Waals surface area contributed by atoms with E-state index in [2.05, 4.69) is 33.0 Å². The summed E-state index contributed by atoms with van der Waals surface area (Å²) in [6.07, 6.45) is 5.40. The van der Waals surface area contributed by atoms with Gasteiger partial charge in [0.2, 0.25) is 0 Å². The van der Waals surface area contributed by atoms with Crippen LogP contribution in [0, 0.1) is 5.92 Å². The summed E-state index contributed by atoms with van der Waals surface area (Å²) < 4.78 is 11.1. The summed E-state index contributed by atoms with van der Waals surface area (Å²) in [6.45, 7) is 8.88. The zero-order valence-corrected chi connectivity index (χ0v) is 11.7. The van der Waals surface area contributed by atoms with Crippen LogP contribution in [0.3, 0.4) is 0 Å². The van der Waals surface area contributed by atoms with Crippen molar-refractivity contribution in [1.82, 2.24) is 5.32 Å². The summed E-state index contributed by atoms with van der Waals surface area (Å²) in [5, 5.41) is 3.57. The molecule has 0 bridgehead atoms. The third-order valence-corrected chi connectivity index (χ3v) is 3.85. The number of hydrogen-bond acceptors (Lipinski definition) is 2. The molecule has 3 heteroatoms. The normalized spacial score (nSPS) is 19.5. The quantitative estimate of drug-likeness (QED) is 0.698. The Morgan fingerprint density at radius 2 is 1.80 bits per heavy atom. The molecule has 0 spiro atoms. The lowest BCUT2D eigenvalue weighted by atomic mass is 9.97. The molecule has 1 N–H and O–H groups in total. The van der Waals surface area contributed by atoms with Gasteiger partial charge in [0.15, 0.2) is 0 Å². The minimum Gasteiger partial charge on any atom is -0.311 e. The molecule has 0 aliphatic carbocycles. The zero-order chi connectivity index (χ0) is 11.8. The van der Waals surface area contributed by atoms with Crippen molar-refractivity contribution in [3.05, 3.63) is 0 Å². The molecule has 2 nitrogen and oxygen atoms in total. The lowest BCUT2D eigenvalue weighted by Gasteiger charge is -2.24. The maximum atomic E-state index is 11.1. The predicted octanol–water partition coefficient (Wildman–Crippen LogP) is 2.56. The van der Waals surface area contributed by atoms with Crippen LogP contribution in [0.1, 0.15) is 47.0 Å². The SMILES string of the molecule is CCC(C)CC(CC)NC(C)CS(C)=O. The van der Waals surface area contributed by atoms with Crippen LogP contribution in [0.4, 0.5) is 0 Å². The van der Waals surface area contributed by atoms with Gasteiger partial charge in [0.1, 0.15) is 0 Å². The van der Waals surface area contributed by atoms with E-state index in [4.69, 9.17) is 0 Å². The summed E-state index contributed by atoms with van der Waals surface area (Å²) in [5.41, 5.74) is 0. The molecule has 0 saturated carbocycles. The van der Waals surface area contributed by atoms with Gasteiger partial charge in [0, 0.05) is 34.9 Å². The van der Waals surface area contributed by atoms with Crippen LogP contribution in [0.15, 0.2) is 0 Å². The average Bonchev–Trinajstić information content (AvgIpc) is 2.15. The van der Waals surface area contributed by atoms with E-state index >= 15 is 0 Å². The van der Waals surface area contributed by atoms with Gasteiger partial charge >= 0.3 is 0 Å². The third-order valence-electron chi connectivity index (χ3n) is 2.88. The van der Waals surface area contributed by atoms with Crippen LogP contribution in [0.25, 0.3) is 0 Å². The predicted molar refractivity (Wildman–Crippen MR) is 69.7 cm³/mol. The van der Waals surface area contributed by atoms with Gasteiger partial charge in [-0.3, -0.25) is 4.21 Å². The van der Waals surface area contributed by atoms with Gasteiger partial charge in [-0.1, -0.05) is 27.2 Å². The van der Waals surface area contributed by atoms with E-state index in [0.29, 0.717) is 12.1 Å². The fourth-order valence-corrected chi connectivity index (χ4v) is 2.61. The molecule has 92 valence electrons. The van der Waals surface area contributed by atoms with Crippen molar-refractivity contribution in [2.45, 2.75) is 59.0 Å². The molecule has 4 atom stereocenters. The minimum absolute atomic E-state index is 0.366. The molecule has 0 heterocycles. The van der Waals surface area contributed by atoms with Crippen molar-refractivity contribution >= 4 is 10.8 Å². The summed E-state index contributed by atoms with van der Waals surface area (Å²) in [5.74, 6) is 1.54. The molecular weight excluding hydrogens is 206 g/mol. The Labute approximate surface area is 97.7 Å². The highest BCUT2D eigenvalue weighted by Crippen LogP contribution is 2.12. The second kappa shape index (κ2) is 8.28. The van der Waals surface area contributed by atoms with E-state index in [1.807, 2.05) is 0 Å². The lowest BCUT2D eigenvalue weighted by molar-refractivity contribution is 0.365. The summed E-state index contributed by atoms with van der Waals surface area (Å²) in [6, 6.07) is 0.948. The van der Waals surface area contributed by atoms with Crippen LogP contribution in [-0.2, 0) is 10.8 Å². The Kier molecular flexibility index (Phi) is 8.34. The van der Waals surface area contributed by atoms with Crippen molar-refractivity contribution in [3.63, 3.8) is 0 Å². The Morgan fingerprint density at radius 3 is 2.20 bits per heavy atom. The van der Waals surface area contributed by atoms with E-state index in [1.165, 1.54) is 12.8 Å². The topological polar surface area (TPSA) is 29.1 Å². The average molecular weight is 233 g/mol. The molecule has 0 aromatic rings. The minimum atomic E-state index is -0.691. The Hall–Kier alpha value is 0.110. The first-order valence-electron chi connectivity index (χ1n) is 6.05. The van der Waals surface area contributed by atoms with Crippen LogP contribution in [0.2, 0.25) is 0 Å². The highest BCUT2D eigenvalue weighted by atomic mass is 32.2. The van der Waals surface area contributed by atoms with Gasteiger partial charge in [-0.05, 0) is 25.7 Å². The largest absolute Gasteiger partial charge is 0.311 e. The molecule has 0 radical (unpaired) electrons. The highest BCUT2D eigenvalue weighted by molar-refractivity contribution is 7.84. The molecule has 0 aliphatic rings. The van der Waals surface area contributed by atoms with Crippen LogP contribution in [-0.4, -0.2) is 28.3 Å². The van der Waals surface area contributed by atoms with Gasteiger partial charge in [0.05, 0.1) is 0 Å². The number of hydrogen-bond donors (Lipinski definition) is 1. The molecule has 0 saturated heterocycles. The van der Waals surface area contributed by atoms with Crippen molar-refractivity contribution in [3.8, 4) is 0 Å². The highest BCUT2D eigenvalue weighted by Gasteiger charge is 2.13. The number of rotatable bonds is 8. The maximum Gasteiger partial charge on any atom is 0.0383 e. The van der Waals surface area contributed by atoms with E-state index < -0.39 is 10.8 Å². The van der Waals surface area contributed by atoms with Crippen molar-refractivity contribution in [2.24, 2.45) is 5.92 Å². The molecular formula is C12H27NOS. The van der Waals surface area contributed by atoms with E-state index in [1.54, 1.807) is 6.26 Å². The zero-order valence-electron chi connectivity index (χ0n) is 10.9. The summed E-state index contributed by atoms with van der Waals surface area (Å²) >= 11 is 0. The van der Waals surface area contributed by atoms with Crippen molar-refractivity contribution in [2.75, 3.05) is 12.0 Å². The van der Waals surface area contributed by atoms with E-state index in [0.717, 1.165) is 18.1 Å². The fraction of sp³-hybridized carbons (Fsp3) is 1.00. The first-order valence-corrected chi connectivity index (χ1v) is 7.78. The van der Waals surface area contributed by atoms with Crippen molar-refractivity contribution in [1.29, 1.82) is 0 Å². The molecule has 0 fully saturated rings. The van der Waals surface area contributed by atoms with Gasteiger partial charge in [0.25, 0.3) is 0 Å². The Bertz CT molecular complexity index is 184. The van der Waals surface area contributed by atoms with Crippen LogP contribution >= 0.6 is 0 Å². The number of nitrogens with one attached hydrogen (secondary N) is 1. The second-order valence-electron chi connectivity index (χ2n) is 4.66. The van der Waals surface area contributed by atoms with Crippen molar-refractivity contribution < 1.29 is 4.21 Å². The summed E-state index contributed by atoms with van der Waals surface area (Å²) in [7, 11) is -0.691. The second-order valence-corrected chi connectivity index (χ2v) is 6.14. The Morgan fingerprint density at radius 1 is 1.20 bits per heavy atom. The molecule has 4 unspecified atom stereocenters. The standard InChI is InChI=1S/C12H27NOS/c1-6-10(3)8-12(7-2)13-11(4)9-15(5)14/h10-13H,6-9H2,1-5H3. The summed E-state index contributed by atoms with van der Waals surface area (Å²) in [4.78, 5) is 0. The van der Waals surface area contributed by atoms with Gasteiger partial charge in [-0.25, -0.2) is 0 Å². The maximum absolute atomic E-state index is 11.1. The lowest BCUT2D eigenvalue weighted by Crippen LogP contribution is -2.40. The monoisotopic (exact) mass is 233 g/mol. The smallest absolute Gasteiger partial charge is 0.0383 e. The van der Waals surface area contributed by atoms with Crippen LogP contribution in [0.5, 0.6) is 0 Å². The van der Waals surface area contributed by atoms with E-state index in [-0.39, 0.29) is 0 Å². The molecule has 0 amide bonds. The van der Waals surface area contributed by atoms with E-state index in [9.17, 15) is 4.21 Å². The molecule has 15 heavy (non-hydrogen) atoms.